The molecule has 0 saturated heterocycles. The molecule has 1 N–H and O–H groups in total. The maximum absolute atomic E-state index is 12.1. The van der Waals surface area contributed by atoms with Crippen LogP contribution in [-0.2, 0) is 19.5 Å². The SMILES string of the molecule is CCc1nc(C)cc(=O)n1CCOc1cccc(Cn2oc(=O)[nH]c2=O)c1. The average Bonchev–Trinajstić information content (AvgIpc) is 2.94. The molecule has 2 heterocycles. The Hall–Kier alpha value is -3.36. The molecule has 9 heteroatoms. The number of nitrogens with one attached hydrogen (secondary N) is 1. The van der Waals surface area contributed by atoms with Crippen LogP contribution in [0.4, 0.5) is 0 Å². The first-order valence-electron chi connectivity index (χ1n) is 8.56. The smallest absolute Gasteiger partial charge is 0.440 e. The van der Waals surface area contributed by atoms with Crippen molar-refractivity contribution in [1.29, 1.82) is 0 Å². The van der Waals surface area contributed by atoms with Crippen LogP contribution in [0.3, 0.4) is 0 Å². The summed E-state index contributed by atoms with van der Waals surface area (Å²) >= 11 is 0. The Kier molecular flexibility index (Phi) is 5.39. The molecule has 0 aliphatic heterocycles. The van der Waals surface area contributed by atoms with Crippen LogP contribution in [0.5, 0.6) is 5.75 Å². The van der Waals surface area contributed by atoms with Gasteiger partial charge in [0.15, 0.2) is 0 Å². The van der Waals surface area contributed by atoms with Crippen LogP contribution in [0.15, 0.2) is 49.2 Å². The van der Waals surface area contributed by atoms with E-state index in [0.717, 1.165) is 16.1 Å². The molecule has 0 atom stereocenters. The van der Waals surface area contributed by atoms with E-state index < -0.39 is 11.4 Å². The summed E-state index contributed by atoms with van der Waals surface area (Å²) < 4.78 is 13.0. The Morgan fingerprint density at radius 1 is 1.22 bits per heavy atom. The van der Waals surface area contributed by atoms with Crippen molar-refractivity contribution in [3.8, 4) is 5.75 Å². The van der Waals surface area contributed by atoms with E-state index in [1.54, 1.807) is 35.8 Å². The summed E-state index contributed by atoms with van der Waals surface area (Å²) in [5.41, 5.74) is 0.734. The van der Waals surface area contributed by atoms with E-state index >= 15 is 0 Å². The first kappa shape index (κ1) is 18.4. The van der Waals surface area contributed by atoms with Gasteiger partial charge < -0.3 is 9.26 Å². The fourth-order valence-corrected chi connectivity index (χ4v) is 2.76. The van der Waals surface area contributed by atoms with E-state index in [1.165, 1.54) is 6.07 Å². The lowest BCUT2D eigenvalue weighted by atomic mass is 10.2. The van der Waals surface area contributed by atoms with Crippen LogP contribution in [0, 0.1) is 6.92 Å². The lowest BCUT2D eigenvalue weighted by Crippen LogP contribution is -2.27. The second-order valence-corrected chi connectivity index (χ2v) is 6.00. The van der Waals surface area contributed by atoms with Crippen molar-refractivity contribution in [2.75, 3.05) is 6.61 Å². The first-order valence-corrected chi connectivity index (χ1v) is 8.56. The van der Waals surface area contributed by atoms with E-state index in [9.17, 15) is 14.4 Å². The van der Waals surface area contributed by atoms with E-state index in [-0.39, 0.29) is 12.1 Å². The highest BCUT2D eigenvalue weighted by molar-refractivity contribution is 5.28. The molecule has 0 bridgehead atoms. The zero-order valence-corrected chi connectivity index (χ0v) is 15.1. The lowest BCUT2D eigenvalue weighted by molar-refractivity contribution is 0.257. The molecular weight excluding hydrogens is 352 g/mol. The average molecular weight is 372 g/mol. The van der Waals surface area contributed by atoms with Crippen molar-refractivity contribution in [1.82, 2.24) is 19.3 Å². The number of rotatable bonds is 7. The minimum Gasteiger partial charge on any atom is -0.492 e. The molecule has 9 nitrogen and oxygen atoms in total. The van der Waals surface area contributed by atoms with Gasteiger partial charge in [0.05, 0.1) is 13.1 Å². The van der Waals surface area contributed by atoms with Crippen molar-refractivity contribution in [3.63, 3.8) is 0 Å². The first-order chi connectivity index (χ1) is 13.0. The van der Waals surface area contributed by atoms with Crippen LogP contribution in [0.25, 0.3) is 0 Å². The van der Waals surface area contributed by atoms with Gasteiger partial charge in [0.2, 0.25) is 0 Å². The minimum atomic E-state index is -0.795. The number of aromatic nitrogens is 4. The Labute approximate surface area is 153 Å². The van der Waals surface area contributed by atoms with Crippen LogP contribution < -0.4 is 21.7 Å². The van der Waals surface area contributed by atoms with E-state index in [0.29, 0.717) is 31.0 Å². The van der Waals surface area contributed by atoms with Gasteiger partial charge in [-0.05, 0) is 24.6 Å². The fraction of sp³-hybridized carbons (Fsp3) is 0.333. The van der Waals surface area contributed by atoms with Crippen molar-refractivity contribution in [3.05, 3.63) is 78.8 Å². The zero-order valence-electron chi connectivity index (χ0n) is 15.1. The largest absolute Gasteiger partial charge is 0.492 e. The predicted molar refractivity (Wildman–Crippen MR) is 97.2 cm³/mol. The third-order valence-corrected chi connectivity index (χ3v) is 3.97. The highest BCUT2D eigenvalue weighted by Gasteiger charge is 2.07. The molecule has 0 aliphatic carbocycles. The Morgan fingerprint density at radius 2 is 2.04 bits per heavy atom. The molecule has 0 fully saturated rings. The van der Waals surface area contributed by atoms with Crippen LogP contribution in [-0.4, -0.2) is 25.9 Å². The van der Waals surface area contributed by atoms with Gasteiger partial charge in [-0.25, -0.2) is 19.6 Å². The maximum atomic E-state index is 12.1. The highest BCUT2D eigenvalue weighted by Crippen LogP contribution is 2.14. The molecule has 2 aromatic heterocycles. The number of hydrogen-bond acceptors (Lipinski definition) is 6. The topological polar surface area (TPSA) is 112 Å². The maximum Gasteiger partial charge on any atom is 0.440 e. The highest BCUT2D eigenvalue weighted by atomic mass is 16.5. The van der Waals surface area contributed by atoms with E-state index in [1.807, 2.05) is 11.9 Å². The standard InChI is InChI=1S/C18H20N4O5/c1-3-15-19-12(2)9-16(23)21(15)7-8-26-14-6-4-5-13(10-14)11-22-17(24)20-18(25)27-22/h4-6,9-10H,3,7-8,11H2,1-2H3,(H,20,24,25). The van der Waals surface area contributed by atoms with Crippen molar-refractivity contribution in [2.45, 2.75) is 33.4 Å². The number of benzene rings is 1. The summed E-state index contributed by atoms with van der Waals surface area (Å²) in [6, 6.07) is 8.59. The molecule has 0 radical (unpaired) electrons. The summed E-state index contributed by atoms with van der Waals surface area (Å²) in [7, 11) is 0. The number of ether oxygens (including phenoxy) is 1. The molecular formula is C18H20N4O5. The number of aromatic amines is 1. The second kappa shape index (κ2) is 7.90. The molecule has 1 aromatic carbocycles. The molecule has 0 unspecified atom stereocenters. The fourth-order valence-electron chi connectivity index (χ4n) is 2.76. The van der Waals surface area contributed by atoms with Gasteiger partial charge in [-0.15, -0.1) is 4.74 Å². The molecule has 0 amide bonds. The number of nitrogens with zero attached hydrogens (tertiary/aromatic N) is 3. The summed E-state index contributed by atoms with van der Waals surface area (Å²) in [5, 5.41) is 0. The van der Waals surface area contributed by atoms with Gasteiger partial charge in [0.1, 0.15) is 18.2 Å². The van der Waals surface area contributed by atoms with Crippen LogP contribution in [0.2, 0.25) is 0 Å². The molecule has 0 spiro atoms. The van der Waals surface area contributed by atoms with Gasteiger partial charge >= 0.3 is 11.4 Å². The second-order valence-electron chi connectivity index (χ2n) is 6.00. The molecule has 3 rings (SSSR count). The normalized spacial score (nSPS) is 10.9. The van der Waals surface area contributed by atoms with Crippen molar-refractivity contribution >= 4 is 0 Å². The number of H-pyrrole nitrogens is 1. The molecule has 0 saturated carbocycles. The third kappa shape index (κ3) is 4.43. The van der Waals surface area contributed by atoms with Gasteiger partial charge in [0.25, 0.3) is 5.56 Å². The van der Waals surface area contributed by atoms with Gasteiger partial charge in [-0.2, -0.15) is 0 Å². The number of hydrogen-bond donors (Lipinski definition) is 1. The Balaban J connectivity index is 1.67. The Bertz CT molecular complexity index is 1110. The summed E-state index contributed by atoms with van der Waals surface area (Å²) in [4.78, 5) is 41.1. The molecule has 3 aromatic rings. The Morgan fingerprint density at radius 3 is 2.74 bits per heavy atom. The zero-order chi connectivity index (χ0) is 19.4. The molecule has 142 valence electrons. The molecule has 0 aliphatic rings. The lowest BCUT2D eigenvalue weighted by Gasteiger charge is -2.12. The predicted octanol–water partition coefficient (Wildman–Crippen LogP) is 0.684. The van der Waals surface area contributed by atoms with Gasteiger partial charge in [-0.3, -0.25) is 9.36 Å². The monoisotopic (exact) mass is 372 g/mol. The van der Waals surface area contributed by atoms with Crippen LogP contribution in [0.1, 0.15) is 24.0 Å². The van der Waals surface area contributed by atoms with Crippen molar-refractivity contribution < 1.29 is 9.26 Å². The summed E-state index contributed by atoms with van der Waals surface area (Å²) in [6.45, 7) is 4.52. The van der Waals surface area contributed by atoms with Gasteiger partial charge in [-0.1, -0.05) is 19.1 Å². The van der Waals surface area contributed by atoms with E-state index in [4.69, 9.17) is 9.26 Å². The number of aryl methyl sites for hydroxylation is 2. The third-order valence-electron chi connectivity index (χ3n) is 3.97. The minimum absolute atomic E-state index is 0.0986. The van der Waals surface area contributed by atoms with E-state index in [2.05, 4.69) is 4.98 Å². The quantitative estimate of drug-likeness (QED) is 0.653. The van der Waals surface area contributed by atoms with Gasteiger partial charge in [0, 0.05) is 18.2 Å². The van der Waals surface area contributed by atoms with Crippen LogP contribution >= 0.6 is 0 Å². The summed E-state index contributed by atoms with van der Waals surface area (Å²) in [6.07, 6.45) is 0.656. The molecule has 27 heavy (non-hydrogen) atoms. The van der Waals surface area contributed by atoms with Crippen molar-refractivity contribution in [2.24, 2.45) is 0 Å². The summed E-state index contributed by atoms with van der Waals surface area (Å²) in [5.74, 6) is 0.514.